The maximum Gasteiger partial charge on any atom is 0.184 e. The lowest BCUT2D eigenvalue weighted by Crippen LogP contribution is -2.36. The Balaban J connectivity index is 1.44. The van der Waals surface area contributed by atoms with Gasteiger partial charge in [0.15, 0.2) is 11.4 Å². The van der Waals surface area contributed by atoms with Crippen LogP contribution in [0.5, 0.6) is 5.75 Å². The highest BCUT2D eigenvalue weighted by Gasteiger charge is 2.42. The Hall–Kier alpha value is -4.51. The van der Waals surface area contributed by atoms with Crippen molar-refractivity contribution in [1.82, 2.24) is 0 Å². The second-order valence-electron chi connectivity index (χ2n) is 12.8. The first-order valence-electron chi connectivity index (χ1n) is 15.5. The van der Waals surface area contributed by atoms with Crippen LogP contribution in [0.15, 0.2) is 139 Å². The van der Waals surface area contributed by atoms with E-state index in [-0.39, 0.29) is 11.2 Å². The molecule has 1 unspecified atom stereocenters. The van der Waals surface area contributed by atoms with Crippen LogP contribution >= 0.6 is 23.2 Å². The molecule has 0 radical (unpaired) electrons. The summed E-state index contributed by atoms with van der Waals surface area (Å²) in [5, 5.41) is 8.46. The molecule has 0 spiro atoms. The van der Waals surface area contributed by atoms with E-state index in [1.807, 2.05) is 84.9 Å². The van der Waals surface area contributed by atoms with Gasteiger partial charge in [-0.2, -0.15) is 0 Å². The van der Waals surface area contributed by atoms with Gasteiger partial charge in [0, 0.05) is 44.4 Å². The third-order valence-electron chi connectivity index (χ3n) is 8.89. The summed E-state index contributed by atoms with van der Waals surface area (Å²) < 4.78 is 7.40. The topological polar surface area (TPSA) is 50.4 Å². The van der Waals surface area contributed by atoms with Crippen LogP contribution in [0.25, 0.3) is 0 Å². The summed E-state index contributed by atoms with van der Waals surface area (Å²) in [5.41, 5.74) is 5.68. The van der Waals surface area contributed by atoms with Crippen LogP contribution in [0, 0.1) is 5.41 Å². The third-order valence-corrected chi connectivity index (χ3v) is 9.45. The summed E-state index contributed by atoms with van der Waals surface area (Å²) in [4.78, 5) is 13.9. The Labute approximate surface area is 280 Å². The fraction of sp³-hybridized carbons (Fsp3) is 0.175. The molecule has 1 aliphatic heterocycles. The first-order chi connectivity index (χ1) is 22.2. The van der Waals surface area contributed by atoms with Crippen molar-refractivity contribution in [3.8, 4) is 5.75 Å². The van der Waals surface area contributed by atoms with Gasteiger partial charge in [0.25, 0.3) is 0 Å². The Bertz CT molecular complexity index is 1840. The molecular formula is C40H34Cl2N2O2. The molecule has 0 amide bonds. The number of rotatable bonds is 6. The smallest absolute Gasteiger partial charge is 0.184 e. The molecule has 46 heavy (non-hydrogen) atoms. The fourth-order valence-electron chi connectivity index (χ4n) is 6.85. The number of halogens is 2. The van der Waals surface area contributed by atoms with Gasteiger partial charge in [0.1, 0.15) is 11.4 Å². The molecule has 5 aromatic rings. The first kappa shape index (κ1) is 30.2. The van der Waals surface area contributed by atoms with Gasteiger partial charge in [-0.05, 0) is 41.7 Å². The standard InChI is InChI=1S/C40H34Cl2N2O2/c1-39(2)24-33-36(34(45)25-39)37(30-22-21-29(41)23-31(30)42)43-32-19-12-20-35(38(32)44-33)46-40(26-13-6-3-7-14-26,27-15-8-4-9-16-27)28-17-10-5-11-18-28/h3-23,37,43-44H,24-25H2,1-2H3. The molecule has 2 aliphatic rings. The van der Waals surface area contributed by atoms with Gasteiger partial charge in [-0.15, -0.1) is 0 Å². The van der Waals surface area contributed by atoms with Gasteiger partial charge in [0.2, 0.25) is 0 Å². The molecule has 1 atom stereocenters. The number of para-hydroxylation sites is 1. The van der Waals surface area contributed by atoms with E-state index in [9.17, 15) is 4.79 Å². The van der Waals surface area contributed by atoms with Crippen molar-refractivity contribution >= 4 is 40.4 Å². The lowest BCUT2D eigenvalue weighted by molar-refractivity contribution is -0.118. The minimum atomic E-state index is -0.982. The second kappa shape index (κ2) is 12.0. The highest BCUT2D eigenvalue weighted by atomic mass is 35.5. The van der Waals surface area contributed by atoms with Gasteiger partial charge < -0.3 is 15.4 Å². The number of anilines is 2. The summed E-state index contributed by atoms with van der Waals surface area (Å²) in [7, 11) is 0. The summed E-state index contributed by atoms with van der Waals surface area (Å²) in [6, 6.07) is 41.9. The monoisotopic (exact) mass is 644 g/mol. The minimum absolute atomic E-state index is 0.0877. The van der Waals surface area contributed by atoms with Crippen LogP contribution in [-0.2, 0) is 10.4 Å². The van der Waals surface area contributed by atoms with Crippen molar-refractivity contribution in [2.45, 2.75) is 38.3 Å². The van der Waals surface area contributed by atoms with Crippen molar-refractivity contribution in [3.05, 3.63) is 171 Å². The molecule has 1 aliphatic carbocycles. The van der Waals surface area contributed by atoms with E-state index < -0.39 is 11.6 Å². The van der Waals surface area contributed by atoms with Crippen molar-refractivity contribution in [2.75, 3.05) is 10.6 Å². The molecule has 0 saturated carbocycles. The SMILES string of the molecule is CC1(C)CC(=O)C2=C(C1)Nc1c(cccc1OC(c1ccccc1)(c1ccccc1)c1ccccc1)NC2c1ccc(Cl)cc1Cl. The average Bonchev–Trinajstić information content (AvgIpc) is 3.21. The predicted octanol–water partition coefficient (Wildman–Crippen LogP) is 10.6. The summed E-state index contributed by atoms with van der Waals surface area (Å²) in [6.45, 7) is 4.26. The maximum absolute atomic E-state index is 13.9. The number of hydrogen-bond acceptors (Lipinski definition) is 4. The van der Waals surface area contributed by atoms with Crippen LogP contribution in [0.1, 0.15) is 55.0 Å². The van der Waals surface area contributed by atoms with Crippen molar-refractivity contribution < 1.29 is 9.53 Å². The fourth-order valence-corrected chi connectivity index (χ4v) is 7.37. The molecule has 0 fully saturated rings. The highest BCUT2D eigenvalue weighted by Crippen LogP contribution is 2.51. The van der Waals surface area contributed by atoms with E-state index in [0.717, 1.165) is 39.3 Å². The molecule has 0 bridgehead atoms. The molecular weight excluding hydrogens is 611 g/mol. The van der Waals surface area contributed by atoms with Gasteiger partial charge in [0.05, 0.1) is 11.7 Å². The zero-order valence-corrected chi connectivity index (χ0v) is 27.2. The predicted molar refractivity (Wildman–Crippen MR) is 188 cm³/mol. The third kappa shape index (κ3) is 5.46. The second-order valence-corrected chi connectivity index (χ2v) is 13.6. The van der Waals surface area contributed by atoms with E-state index >= 15 is 0 Å². The Kier molecular flexibility index (Phi) is 7.88. The molecule has 230 valence electrons. The normalized spacial score (nSPS) is 17.2. The van der Waals surface area contributed by atoms with Crippen molar-refractivity contribution in [3.63, 3.8) is 0 Å². The van der Waals surface area contributed by atoms with Crippen LogP contribution in [0.4, 0.5) is 11.4 Å². The van der Waals surface area contributed by atoms with Gasteiger partial charge in [-0.3, -0.25) is 4.79 Å². The lowest BCUT2D eigenvalue weighted by atomic mass is 9.73. The van der Waals surface area contributed by atoms with Crippen molar-refractivity contribution in [2.24, 2.45) is 5.41 Å². The summed E-state index contributed by atoms with van der Waals surface area (Å²) in [6.07, 6.45) is 1.13. The number of ether oxygens (including phenoxy) is 1. The molecule has 0 aromatic heterocycles. The van der Waals surface area contributed by atoms with Gasteiger partial charge in [-0.1, -0.05) is 140 Å². The molecule has 2 N–H and O–H groups in total. The van der Waals surface area contributed by atoms with Crippen LogP contribution in [0.3, 0.4) is 0 Å². The summed E-state index contributed by atoms with van der Waals surface area (Å²) in [5.74, 6) is 0.733. The number of nitrogens with one attached hydrogen (secondary N) is 2. The van der Waals surface area contributed by atoms with E-state index in [1.165, 1.54) is 0 Å². The quantitative estimate of drug-likeness (QED) is 0.181. The van der Waals surface area contributed by atoms with E-state index in [0.29, 0.717) is 34.2 Å². The Morgan fingerprint density at radius 2 is 1.33 bits per heavy atom. The molecule has 4 nitrogen and oxygen atoms in total. The number of allylic oxidation sites excluding steroid dienone is 1. The number of benzene rings is 5. The number of carbonyl (C=O) groups excluding carboxylic acids is 1. The molecule has 5 aromatic carbocycles. The maximum atomic E-state index is 13.9. The molecule has 1 heterocycles. The van der Waals surface area contributed by atoms with Crippen LogP contribution in [-0.4, -0.2) is 5.78 Å². The minimum Gasteiger partial charge on any atom is -0.471 e. The number of carbonyl (C=O) groups is 1. The molecule has 6 heteroatoms. The van der Waals surface area contributed by atoms with Gasteiger partial charge >= 0.3 is 0 Å². The Morgan fingerprint density at radius 3 is 1.89 bits per heavy atom. The van der Waals surface area contributed by atoms with Crippen LogP contribution in [0.2, 0.25) is 10.0 Å². The van der Waals surface area contributed by atoms with E-state index in [4.69, 9.17) is 27.9 Å². The van der Waals surface area contributed by atoms with Crippen molar-refractivity contribution in [1.29, 1.82) is 0 Å². The zero-order valence-electron chi connectivity index (χ0n) is 25.7. The summed E-state index contributed by atoms with van der Waals surface area (Å²) >= 11 is 13.1. The first-order valence-corrected chi connectivity index (χ1v) is 16.2. The zero-order chi connectivity index (χ0) is 31.9. The van der Waals surface area contributed by atoms with E-state index in [1.54, 1.807) is 6.07 Å². The largest absolute Gasteiger partial charge is 0.471 e. The number of ketones is 1. The molecule has 7 rings (SSSR count). The van der Waals surface area contributed by atoms with Crippen LogP contribution < -0.4 is 15.4 Å². The average molecular weight is 646 g/mol. The van der Waals surface area contributed by atoms with E-state index in [2.05, 4.69) is 60.9 Å². The Morgan fingerprint density at radius 1 is 0.739 bits per heavy atom. The highest BCUT2D eigenvalue weighted by molar-refractivity contribution is 6.35. The number of Topliss-reactive ketones (excluding diaryl/α,β-unsaturated/α-hetero) is 1. The van der Waals surface area contributed by atoms with Gasteiger partial charge in [-0.25, -0.2) is 0 Å². The molecule has 0 saturated heterocycles. The lowest BCUT2D eigenvalue weighted by Gasteiger charge is -2.37. The number of hydrogen-bond donors (Lipinski definition) is 2. The number of fused-ring (bicyclic) bond motifs is 1.